The normalized spacial score (nSPS) is 16.7. The highest BCUT2D eigenvalue weighted by atomic mass is 32.2. The Kier molecular flexibility index (Phi) is 5.14. The number of hydrogen-bond donors (Lipinski definition) is 2. The van der Waals surface area contributed by atoms with E-state index in [1.807, 2.05) is 28.8 Å². The van der Waals surface area contributed by atoms with Crippen LogP contribution in [0.15, 0.2) is 53.4 Å². The maximum absolute atomic E-state index is 13.1. The first kappa shape index (κ1) is 19.6. The Hall–Kier alpha value is -2.71. The molecule has 1 aliphatic rings. The SMILES string of the molecule is O=C(O)CCn1c2c([14c]3[14cH][14cH][14cH][14cH][14c]31)C[C@H](NS(=O)(=O)c1ccc(F)cc1)CC2. The Labute approximate surface area is 168 Å². The van der Waals surface area contributed by atoms with Crippen molar-refractivity contribution in [3.8, 4) is 0 Å². The van der Waals surface area contributed by atoms with Gasteiger partial charge in [-0.05, 0) is 55.2 Å². The zero-order valence-corrected chi connectivity index (χ0v) is 16.5. The Bertz CT molecular complexity index is 1170. The van der Waals surface area contributed by atoms with E-state index in [1.54, 1.807) is 0 Å². The van der Waals surface area contributed by atoms with Gasteiger partial charge in [-0.2, -0.15) is 0 Å². The Morgan fingerprint density at radius 2 is 2.00 bits per heavy atom. The van der Waals surface area contributed by atoms with Crippen LogP contribution in [0, 0.1) is 5.82 Å². The number of benzene rings is 2. The van der Waals surface area contributed by atoms with Crippen LogP contribution in [0.5, 0.6) is 0 Å². The van der Waals surface area contributed by atoms with Crippen molar-refractivity contribution >= 4 is 26.9 Å². The third-order valence-electron chi connectivity index (χ3n) is 5.37. The third kappa shape index (κ3) is 3.90. The van der Waals surface area contributed by atoms with Gasteiger partial charge in [-0.15, -0.1) is 0 Å². The molecular weight excluding hydrogens is 407 g/mol. The summed E-state index contributed by atoms with van der Waals surface area (Å²) in [5, 5.41) is 10.1. The Morgan fingerprint density at radius 1 is 1.28 bits per heavy atom. The fourth-order valence-corrected chi connectivity index (χ4v) is 5.34. The van der Waals surface area contributed by atoms with Crippen molar-refractivity contribution in [1.29, 1.82) is 0 Å². The number of carbonyl (C=O) groups is 1. The number of carboxylic acids is 1. The number of nitrogens with zero attached hydrogens (tertiary/aromatic N) is 1. The molecule has 0 saturated carbocycles. The van der Waals surface area contributed by atoms with Crippen LogP contribution in [0.2, 0.25) is 0 Å². The lowest BCUT2D eigenvalue weighted by Gasteiger charge is -2.25. The van der Waals surface area contributed by atoms with Gasteiger partial charge in [-0.3, -0.25) is 4.79 Å². The molecule has 2 N–H and O–H groups in total. The van der Waals surface area contributed by atoms with Crippen molar-refractivity contribution in [3.05, 3.63) is 65.6 Å². The van der Waals surface area contributed by atoms with Crippen LogP contribution in [0.3, 0.4) is 0 Å². The first-order valence-electron chi connectivity index (χ1n) is 9.44. The molecule has 0 saturated heterocycles. The van der Waals surface area contributed by atoms with E-state index in [1.165, 1.54) is 12.1 Å². The van der Waals surface area contributed by atoms with Gasteiger partial charge in [0.15, 0.2) is 0 Å². The summed E-state index contributed by atoms with van der Waals surface area (Å²) in [6, 6.07) is 12.3. The zero-order chi connectivity index (χ0) is 20.6. The minimum atomic E-state index is -3.75. The van der Waals surface area contributed by atoms with E-state index in [0.717, 1.165) is 34.3 Å². The maximum atomic E-state index is 13.1. The van der Waals surface area contributed by atoms with E-state index >= 15 is 0 Å². The summed E-state index contributed by atoms with van der Waals surface area (Å²) in [5.41, 5.74) is 3.11. The van der Waals surface area contributed by atoms with Crippen molar-refractivity contribution < 1.29 is 22.7 Å². The van der Waals surface area contributed by atoms with E-state index in [-0.39, 0.29) is 17.4 Å². The predicted octanol–water partition coefficient (Wildman–Crippen LogP) is 3.09. The molecule has 29 heavy (non-hydrogen) atoms. The minimum Gasteiger partial charge on any atom is -0.481 e. The summed E-state index contributed by atoms with van der Waals surface area (Å²) in [6.07, 6.45) is 1.82. The van der Waals surface area contributed by atoms with Gasteiger partial charge in [-0.1, -0.05) is 18.2 Å². The highest BCUT2D eigenvalue weighted by Gasteiger charge is 2.28. The van der Waals surface area contributed by atoms with Crippen molar-refractivity contribution in [3.63, 3.8) is 0 Å². The molecule has 8 heteroatoms. The number of carboxylic acid groups (broad SMARTS) is 1. The van der Waals surface area contributed by atoms with Gasteiger partial charge in [-0.25, -0.2) is 17.5 Å². The molecule has 0 fully saturated rings. The summed E-state index contributed by atoms with van der Waals surface area (Å²) >= 11 is 0. The number of para-hydroxylation sites is 1. The second-order valence-electron chi connectivity index (χ2n) is 7.25. The molecule has 0 bridgehead atoms. The number of nitrogens with one attached hydrogen (secondary N) is 1. The minimum absolute atomic E-state index is 0.0335. The van der Waals surface area contributed by atoms with Crippen molar-refractivity contribution in [2.45, 2.75) is 43.2 Å². The number of fused-ring (bicyclic) bond motifs is 3. The topological polar surface area (TPSA) is 88.4 Å². The third-order valence-corrected chi connectivity index (χ3v) is 6.91. The fourth-order valence-electron chi connectivity index (χ4n) is 4.07. The number of aryl methyl sites for hydroxylation is 1. The lowest BCUT2D eigenvalue weighted by molar-refractivity contribution is -0.137. The standard InChI is InChI=1S/C21H21FN2O4S/c22-14-5-8-16(9-6-14)29(27,28)23-15-7-10-20-18(13-15)17-3-1-2-4-19(17)24(20)12-11-21(25)26/h1-6,8-9,15,23H,7,10-13H2,(H,25,26)/t15-/m1/s1/i1+2,2+2,3+2,4+2,17+2,19+2. The molecule has 0 amide bonds. The van der Waals surface area contributed by atoms with E-state index in [2.05, 4.69) is 4.72 Å². The molecule has 0 aliphatic heterocycles. The summed E-state index contributed by atoms with van der Waals surface area (Å²) < 4.78 is 43.2. The first-order valence-corrected chi connectivity index (χ1v) is 10.9. The van der Waals surface area contributed by atoms with Crippen LogP contribution >= 0.6 is 0 Å². The van der Waals surface area contributed by atoms with Crippen molar-refractivity contribution in [2.75, 3.05) is 0 Å². The second-order valence-corrected chi connectivity index (χ2v) is 8.97. The monoisotopic (exact) mass is 428 g/mol. The number of halogens is 1. The predicted molar refractivity (Wildman–Crippen MR) is 107 cm³/mol. The molecule has 1 aliphatic carbocycles. The average molecular weight is 428 g/mol. The second kappa shape index (κ2) is 7.61. The molecule has 1 aromatic heterocycles. The maximum Gasteiger partial charge on any atom is 0.305 e. The van der Waals surface area contributed by atoms with Crippen LogP contribution in [0.1, 0.15) is 24.1 Å². The van der Waals surface area contributed by atoms with Crippen LogP contribution in [0.4, 0.5) is 4.39 Å². The van der Waals surface area contributed by atoms with Crippen LogP contribution < -0.4 is 4.72 Å². The molecule has 6 nitrogen and oxygen atoms in total. The fraction of sp³-hybridized carbons (Fsp3) is 0.286. The molecule has 0 spiro atoms. The summed E-state index contributed by atoms with van der Waals surface area (Å²) in [7, 11) is -3.75. The van der Waals surface area contributed by atoms with Crippen LogP contribution in [-0.4, -0.2) is 30.1 Å². The first-order chi connectivity index (χ1) is 13.8. The summed E-state index contributed by atoms with van der Waals surface area (Å²) in [5.74, 6) is -1.34. The van der Waals surface area contributed by atoms with E-state index in [4.69, 9.17) is 5.11 Å². The van der Waals surface area contributed by atoms with Gasteiger partial charge in [0.05, 0.1) is 11.3 Å². The lowest BCUT2D eigenvalue weighted by Crippen LogP contribution is -2.39. The molecule has 4 rings (SSSR count). The number of sulfonamides is 1. The van der Waals surface area contributed by atoms with E-state index in [0.29, 0.717) is 25.8 Å². The number of aromatic nitrogens is 1. The van der Waals surface area contributed by atoms with Gasteiger partial charge in [0.25, 0.3) is 0 Å². The largest absolute Gasteiger partial charge is 0.481 e. The lowest BCUT2D eigenvalue weighted by atomic mass is 9.96. The molecule has 152 valence electrons. The smallest absolute Gasteiger partial charge is 0.305 e. The zero-order valence-electron chi connectivity index (χ0n) is 15.6. The van der Waals surface area contributed by atoms with Gasteiger partial charge in [0.1, 0.15) is 5.82 Å². The molecule has 0 radical (unpaired) electrons. The summed E-state index contributed by atoms with van der Waals surface area (Å²) in [4.78, 5) is 11.1. The van der Waals surface area contributed by atoms with Gasteiger partial charge in [0, 0.05) is 29.2 Å². The van der Waals surface area contributed by atoms with E-state index in [9.17, 15) is 17.6 Å². The highest BCUT2D eigenvalue weighted by Crippen LogP contribution is 2.33. The van der Waals surface area contributed by atoms with Gasteiger partial charge in [0.2, 0.25) is 10.0 Å². The van der Waals surface area contributed by atoms with Gasteiger partial charge >= 0.3 is 5.97 Å². The molecule has 0 unspecified atom stereocenters. The molecule has 2 aromatic carbocycles. The molecule has 3 aromatic rings. The Morgan fingerprint density at radius 3 is 2.72 bits per heavy atom. The quantitative estimate of drug-likeness (QED) is 0.632. The Balaban J connectivity index is 1.62. The average Bonchev–Trinajstić information content (AvgIpc) is 2.99. The summed E-state index contributed by atoms with van der Waals surface area (Å²) in [6.45, 7) is 0.386. The highest BCUT2D eigenvalue weighted by molar-refractivity contribution is 7.89. The van der Waals surface area contributed by atoms with E-state index < -0.39 is 21.8 Å². The van der Waals surface area contributed by atoms with Crippen molar-refractivity contribution in [2.24, 2.45) is 0 Å². The van der Waals surface area contributed by atoms with Crippen LogP contribution in [0.25, 0.3) is 10.9 Å². The van der Waals surface area contributed by atoms with Gasteiger partial charge < -0.3 is 9.67 Å². The number of hydrogen-bond acceptors (Lipinski definition) is 3. The molecular formula is C21H21FN2O4S. The molecule has 1 atom stereocenters. The number of rotatable bonds is 6. The van der Waals surface area contributed by atoms with Crippen molar-refractivity contribution in [1.82, 2.24) is 9.29 Å². The molecule has 1 heterocycles. The van der Waals surface area contributed by atoms with Crippen LogP contribution in [-0.2, 0) is 34.2 Å². The number of aliphatic carboxylic acids is 1.